The fourth-order valence-corrected chi connectivity index (χ4v) is 3.43. The molecule has 1 saturated heterocycles. The van der Waals surface area contributed by atoms with Crippen LogP contribution >= 0.6 is 0 Å². The molecule has 0 aliphatic carbocycles. The van der Waals surface area contributed by atoms with E-state index in [0.29, 0.717) is 6.61 Å². The monoisotopic (exact) mass is 266 g/mol. The molecule has 0 saturated carbocycles. The summed E-state index contributed by atoms with van der Waals surface area (Å²) < 4.78 is 12.6. The molecule has 0 radical (unpaired) electrons. The first kappa shape index (κ1) is 12.1. The Bertz CT molecular complexity index is 647. The minimum atomic E-state index is -0.724. The third kappa shape index (κ3) is 1.41. The van der Waals surface area contributed by atoms with Crippen molar-refractivity contribution in [1.29, 1.82) is 0 Å². The molecule has 2 bridgehead atoms. The molecule has 1 fully saturated rings. The maximum absolute atomic E-state index is 6.39. The summed E-state index contributed by atoms with van der Waals surface area (Å²) in [6, 6.07) is 18.7. The highest BCUT2D eigenvalue weighted by atomic mass is 16.7. The van der Waals surface area contributed by atoms with Gasteiger partial charge in [0.2, 0.25) is 5.79 Å². The van der Waals surface area contributed by atoms with E-state index < -0.39 is 5.79 Å². The summed E-state index contributed by atoms with van der Waals surface area (Å²) in [6.45, 7) is 5.11. The van der Waals surface area contributed by atoms with Crippen LogP contribution in [0.4, 0.5) is 0 Å². The smallest absolute Gasteiger partial charge is 0.223 e. The summed E-state index contributed by atoms with van der Waals surface area (Å²) in [6.07, 6.45) is 0.0950. The van der Waals surface area contributed by atoms with Gasteiger partial charge in [0.1, 0.15) is 0 Å². The molecule has 0 unspecified atom stereocenters. The normalized spacial score (nSPS) is 30.0. The van der Waals surface area contributed by atoms with Gasteiger partial charge >= 0.3 is 0 Å². The van der Waals surface area contributed by atoms with Gasteiger partial charge in [-0.15, -0.1) is 0 Å². The molecule has 2 atom stereocenters. The minimum absolute atomic E-state index is 0.0224. The predicted molar refractivity (Wildman–Crippen MR) is 77.5 cm³/mol. The Morgan fingerprint density at radius 3 is 2.30 bits per heavy atom. The van der Waals surface area contributed by atoms with Gasteiger partial charge in [0.05, 0.1) is 12.7 Å². The molecule has 2 aliphatic rings. The molecule has 20 heavy (non-hydrogen) atoms. The summed E-state index contributed by atoms with van der Waals surface area (Å²) in [5.74, 6) is -0.724. The molecule has 2 heteroatoms. The SMILES string of the molecule is CC1(C)c2ccccc2[C@]2(c3ccccc3)OC[C@H]1O2. The van der Waals surface area contributed by atoms with E-state index >= 15 is 0 Å². The van der Waals surface area contributed by atoms with E-state index in [1.165, 1.54) is 5.56 Å². The molecule has 2 heterocycles. The van der Waals surface area contributed by atoms with Crippen molar-refractivity contribution in [3.8, 4) is 0 Å². The summed E-state index contributed by atoms with van der Waals surface area (Å²) in [4.78, 5) is 0. The molecule has 0 N–H and O–H groups in total. The summed E-state index contributed by atoms with van der Waals surface area (Å²) in [5.41, 5.74) is 3.53. The van der Waals surface area contributed by atoms with Gasteiger partial charge in [0, 0.05) is 16.5 Å². The highest BCUT2D eigenvalue weighted by Crippen LogP contribution is 2.52. The molecule has 0 spiro atoms. The molecule has 0 aromatic heterocycles. The molecular formula is C18H18O2. The number of ether oxygens (including phenoxy) is 2. The Balaban J connectivity index is 1.99. The average Bonchev–Trinajstić information content (AvgIpc) is 2.92. The third-order valence-electron chi connectivity index (χ3n) is 4.68. The van der Waals surface area contributed by atoms with E-state index in [0.717, 1.165) is 11.1 Å². The third-order valence-corrected chi connectivity index (χ3v) is 4.68. The number of fused-ring (bicyclic) bond motifs is 4. The van der Waals surface area contributed by atoms with Gasteiger partial charge in [0.15, 0.2) is 0 Å². The van der Waals surface area contributed by atoms with E-state index in [4.69, 9.17) is 9.47 Å². The van der Waals surface area contributed by atoms with Crippen molar-refractivity contribution >= 4 is 0 Å². The lowest BCUT2D eigenvalue weighted by Gasteiger charge is -2.42. The Hall–Kier alpha value is -1.64. The largest absolute Gasteiger partial charge is 0.339 e. The first-order valence-corrected chi connectivity index (χ1v) is 7.12. The van der Waals surface area contributed by atoms with Crippen molar-refractivity contribution in [1.82, 2.24) is 0 Å². The zero-order chi connectivity index (χ0) is 13.8. The van der Waals surface area contributed by atoms with Crippen molar-refractivity contribution in [2.75, 3.05) is 6.61 Å². The second kappa shape index (κ2) is 3.94. The summed E-state index contributed by atoms with van der Waals surface area (Å²) in [7, 11) is 0. The molecule has 102 valence electrons. The Morgan fingerprint density at radius 1 is 0.900 bits per heavy atom. The summed E-state index contributed by atoms with van der Waals surface area (Å²) in [5, 5.41) is 0. The first-order valence-electron chi connectivity index (χ1n) is 7.12. The fraction of sp³-hybridized carbons (Fsp3) is 0.333. The van der Waals surface area contributed by atoms with E-state index in [1.54, 1.807) is 0 Å². The van der Waals surface area contributed by atoms with Crippen LogP contribution in [0.2, 0.25) is 0 Å². The zero-order valence-electron chi connectivity index (χ0n) is 11.8. The van der Waals surface area contributed by atoms with Crippen LogP contribution in [0, 0.1) is 0 Å². The number of benzene rings is 2. The van der Waals surface area contributed by atoms with Crippen LogP contribution in [-0.2, 0) is 20.7 Å². The standard InChI is InChI=1S/C18H18O2/c1-17(2)14-10-6-7-11-15(14)18(19-12-16(17)20-18)13-8-4-3-5-9-13/h3-11,16H,12H2,1-2H3/t16-,18-/m1/s1. The van der Waals surface area contributed by atoms with Gasteiger partial charge in [-0.05, 0) is 5.56 Å². The van der Waals surface area contributed by atoms with Crippen LogP contribution in [0.5, 0.6) is 0 Å². The number of hydrogen-bond acceptors (Lipinski definition) is 2. The minimum Gasteiger partial charge on any atom is -0.339 e. The molecule has 2 aromatic rings. The second-order valence-corrected chi connectivity index (χ2v) is 6.17. The number of rotatable bonds is 1. The average molecular weight is 266 g/mol. The quantitative estimate of drug-likeness (QED) is 0.785. The lowest BCUT2D eigenvalue weighted by Crippen LogP contribution is -2.44. The first-order chi connectivity index (χ1) is 9.64. The molecule has 4 rings (SSSR count). The Labute approximate surface area is 119 Å². The molecule has 2 nitrogen and oxygen atoms in total. The van der Waals surface area contributed by atoms with Gasteiger partial charge in [0.25, 0.3) is 0 Å². The van der Waals surface area contributed by atoms with E-state index in [-0.39, 0.29) is 11.5 Å². The van der Waals surface area contributed by atoms with Gasteiger partial charge < -0.3 is 9.47 Å². The highest BCUT2D eigenvalue weighted by molar-refractivity contribution is 5.46. The molecule has 2 aliphatic heterocycles. The fourth-order valence-electron chi connectivity index (χ4n) is 3.43. The van der Waals surface area contributed by atoms with Gasteiger partial charge in [-0.25, -0.2) is 0 Å². The van der Waals surface area contributed by atoms with Gasteiger partial charge in [-0.3, -0.25) is 0 Å². The van der Waals surface area contributed by atoms with Crippen LogP contribution in [0.3, 0.4) is 0 Å². The van der Waals surface area contributed by atoms with E-state index in [9.17, 15) is 0 Å². The summed E-state index contributed by atoms with van der Waals surface area (Å²) >= 11 is 0. The number of hydrogen-bond donors (Lipinski definition) is 0. The van der Waals surface area contributed by atoms with Gasteiger partial charge in [-0.2, -0.15) is 0 Å². The molecule has 0 amide bonds. The molecular weight excluding hydrogens is 248 g/mol. The second-order valence-electron chi connectivity index (χ2n) is 6.17. The van der Waals surface area contributed by atoms with Crippen LogP contribution in [0.15, 0.2) is 54.6 Å². The maximum atomic E-state index is 6.39. The highest BCUT2D eigenvalue weighted by Gasteiger charge is 2.56. The molecule has 2 aromatic carbocycles. The van der Waals surface area contributed by atoms with Crippen LogP contribution in [0.25, 0.3) is 0 Å². The van der Waals surface area contributed by atoms with Crippen molar-refractivity contribution in [2.24, 2.45) is 0 Å². The maximum Gasteiger partial charge on any atom is 0.223 e. The van der Waals surface area contributed by atoms with E-state index in [1.807, 2.05) is 18.2 Å². The van der Waals surface area contributed by atoms with Crippen molar-refractivity contribution < 1.29 is 9.47 Å². The van der Waals surface area contributed by atoms with E-state index in [2.05, 4.69) is 50.2 Å². The van der Waals surface area contributed by atoms with Crippen LogP contribution in [0.1, 0.15) is 30.5 Å². The predicted octanol–water partition coefficient (Wildman–Crippen LogP) is 3.59. The Kier molecular flexibility index (Phi) is 2.39. The lowest BCUT2D eigenvalue weighted by molar-refractivity contribution is -0.160. The van der Waals surface area contributed by atoms with Crippen molar-refractivity contribution in [3.05, 3.63) is 71.3 Å². The van der Waals surface area contributed by atoms with Crippen LogP contribution < -0.4 is 0 Å². The van der Waals surface area contributed by atoms with Crippen molar-refractivity contribution in [3.63, 3.8) is 0 Å². The van der Waals surface area contributed by atoms with Gasteiger partial charge in [-0.1, -0.05) is 68.4 Å². The Morgan fingerprint density at radius 2 is 1.55 bits per heavy atom. The topological polar surface area (TPSA) is 18.5 Å². The van der Waals surface area contributed by atoms with Crippen LogP contribution in [-0.4, -0.2) is 12.7 Å². The lowest BCUT2D eigenvalue weighted by atomic mass is 9.73. The van der Waals surface area contributed by atoms with Crippen molar-refractivity contribution in [2.45, 2.75) is 31.2 Å². The zero-order valence-corrected chi connectivity index (χ0v) is 11.8.